The number of aromatic nitrogens is 2. The number of halogens is 1. The maximum atomic E-state index is 6.14. The fraction of sp³-hybridized carbons (Fsp3) is 0.429. The number of ether oxygens (including phenoxy) is 1. The van der Waals surface area contributed by atoms with Crippen molar-refractivity contribution in [2.75, 3.05) is 24.4 Å². The predicted octanol–water partition coefficient (Wildman–Crippen LogP) is 2.83. The number of hydrogen-bond donors (Lipinski definition) is 1. The fourth-order valence-electron chi connectivity index (χ4n) is 2.34. The van der Waals surface area contributed by atoms with Crippen molar-refractivity contribution in [2.24, 2.45) is 0 Å². The minimum absolute atomic E-state index is 0.128. The van der Waals surface area contributed by atoms with Gasteiger partial charge in [0.1, 0.15) is 5.82 Å². The third kappa shape index (κ3) is 2.65. The van der Waals surface area contributed by atoms with E-state index >= 15 is 0 Å². The van der Waals surface area contributed by atoms with Gasteiger partial charge in [-0.1, -0.05) is 12.1 Å². The van der Waals surface area contributed by atoms with Crippen LogP contribution in [0.3, 0.4) is 0 Å². The first kappa shape index (κ1) is 12.6. The minimum atomic E-state index is -0.128. The molecule has 0 saturated carbocycles. The van der Waals surface area contributed by atoms with Gasteiger partial charge in [-0.3, -0.25) is 4.98 Å². The lowest BCUT2D eigenvalue weighted by molar-refractivity contribution is 0.0666. The first-order valence-corrected chi connectivity index (χ1v) is 6.98. The Morgan fingerprint density at radius 2 is 1.95 bits per heavy atom. The van der Waals surface area contributed by atoms with Gasteiger partial charge in [0.2, 0.25) is 0 Å². The molecule has 1 aliphatic heterocycles. The molecule has 4 nitrogen and oxygen atoms in total. The monoisotopic (exact) mass is 277 g/mol. The molecule has 0 unspecified atom stereocenters. The highest BCUT2D eigenvalue weighted by atomic mass is 35.5. The molecular weight excluding hydrogens is 262 g/mol. The van der Waals surface area contributed by atoms with Gasteiger partial charge in [-0.25, -0.2) is 4.98 Å². The molecule has 19 heavy (non-hydrogen) atoms. The van der Waals surface area contributed by atoms with Gasteiger partial charge >= 0.3 is 0 Å². The maximum absolute atomic E-state index is 6.14. The van der Waals surface area contributed by atoms with E-state index in [9.17, 15) is 0 Å². The summed E-state index contributed by atoms with van der Waals surface area (Å²) in [5.41, 5.74) is 1.67. The third-order valence-electron chi connectivity index (χ3n) is 3.55. The van der Waals surface area contributed by atoms with Gasteiger partial charge in [0.05, 0.1) is 22.8 Å². The first-order valence-electron chi connectivity index (χ1n) is 6.45. The van der Waals surface area contributed by atoms with Gasteiger partial charge in [0.25, 0.3) is 0 Å². The summed E-state index contributed by atoms with van der Waals surface area (Å²) in [6, 6.07) is 7.85. The molecule has 0 atom stereocenters. The number of benzene rings is 1. The highest BCUT2D eigenvalue weighted by molar-refractivity contribution is 6.18. The highest BCUT2D eigenvalue weighted by Gasteiger charge is 2.32. The largest absolute Gasteiger partial charge is 0.381 e. The van der Waals surface area contributed by atoms with Crippen molar-refractivity contribution < 1.29 is 4.74 Å². The van der Waals surface area contributed by atoms with Crippen molar-refractivity contribution in [1.82, 2.24) is 9.97 Å². The molecule has 1 aliphatic rings. The van der Waals surface area contributed by atoms with Gasteiger partial charge in [-0.2, -0.15) is 0 Å². The minimum Gasteiger partial charge on any atom is -0.381 e. The van der Waals surface area contributed by atoms with E-state index in [1.54, 1.807) is 6.20 Å². The summed E-state index contributed by atoms with van der Waals surface area (Å²) in [5.74, 6) is 1.33. The van der Waals surface area contributed by atoms with E-state index in [0.717, 1.165) is 42.9 Å². The lowest BCUT2D eigenvalue weighted by Gasteiger charge is -2.36. The standard InChI is InChI=1S/C14H16ClN3O/c15-10-14(5-7-19-8-6-14)18-13-9-16-11-3-1-2-4-12(11)17-13/h1-4,9H,5-8,10H2,(H,17,18). The summed E-state index contributed by atoms with van der Waals surface area (Å²) in [7, 11) is 0. The zero-order valence-corrected chi connectivity index (χ0v) is 11.4. The lowest BCUT2D eigenvalue weighted by atomic mass is 9.92. The zero-order valence-electron chi connectivity index (χ0n) is 10.6. The van der Waals surface area contributed by atoms with Crippen LogP contribution in [0.1, 0.15) is 12.8 Å². The van der Waals surface area contributed by atoms with Crippen molar-refractivity contribution in [3.8, 4) is 0 Å². The topological polar surface area (TPSA) is 47.0 Å². The molecule has 0 bridgehead atoms. The predicted molar refractivity (Wildman–Crippen MR) is 76.7 cm³/mol. The Labute approximate surface area is 117 Å². The molecule has 5 heteroatoms. The molecule has 1 aromatic heterocycles. The third-order valence-corrected chi connectivity index (χ3v) is 4.06. The Morgan fingerprint density at radius 1 is 1.21 bits per heavy atom. The quantitative estimate of drug-likeness (QED) is 0.877. The molecular formula is C14H16ClN3O. The summed E-state index contributed by atoms with van der Waals surface area (Å²) in [4.78, 5) is 9.00. The van der Waals surface area contributed by atoms with Crippen LogP contribution in [-0.4, -0.2) is 34.6 Å². The summed E-state index contributed by atoms with van der Waals surface area (Å²) >= 11 is 6.14. The Bertz CT molecular complexity index is 569. The number of rotatable bonds is 3. The Kier molecular flexibility index (Phi) is 3.53. The number of alkyl halides is 1. The summed E-state index contributed by atoms with van der Waals surface area (Å²) in [5, 5.41) is 3.45. The van der Waals surface area contributed by atoms with Gasteiger partial charge in [0, 0.05) is 19.1 Å². The molecule has 1 N–H and O–H groups in total. The highest BCUT2D eigenvalue weighted by Crippen LogP contribution is 2.26. The van der Waals surface area contributed by atoms with Crippen LogP contribution in [0, 0.1) is 0 Å². The van der Waals surface area contributed by atoms with E-state index in [1.807, 2.05) is 24.3 Å². The fourth-order valence-corrected chi connectivity index (χ4v) is 2.68. The van der Waals surface area contributed by atoms with Crippen LogP contribution in [0.5, 0.6) is 0 Å². The molecule has 0 amide bonds. The van der Waals surface area contributed by atoms with Crippen LogP contribution < -0.4 is 5.32 Å². The van der Waals surface area contributed by atoms with Crippen LogP contribution in [0.15, 0.2) is 30.5 Å². The van der Waals surface area contributed by atoms with Gasteiger partial charge in [-0.05, 0) is 25.0 Å². The maximum Gasteiger partial charge on any atom is 0.145 e. The van der Waals surface area contributed by atoms with Gasteiger partial charge in [-0.15, -0.1) is 11.6 Å². The Hall–Kier alpha value is -1.39. The molecule has 0 radical (unpaired) electrons. The molecule has 1 fully saturated rings. The van der Waals surface area contributed by atoms with E-state index < -0.39 is 0 Å². The smallest absolute Gasteiger partial charge is 0.145 e. The number of para-hydroxylation sites is 2. The van der Waals surface area contributed by atoms with Crippen molar-refractivity contribution in [3.05, 3.63) is 30.5 Å². The second-order valence-corrected chi connectivity index (χ2v) is 5.16. The molecule has 1 aromatic carbocycles. The molecule has 3 rings (SSSR count). The summed E-state index contributed by atoms with van der Waals surface area (Å²) in [6.07, 6.45) is 3.56. The average molecular weight is 278 g/mol. The number of anilines is 1. The van der Waals surface area contributed by atoms with Crippen LogP contribution >= 0.6 is 11.6 Å². The molecule has 1 saturated heterocycles. The lowest BCUT2D eigenvalue weighted by Crippen LogP contribution is -2.45. The van der Waals surface area contributed by atoms with Crippen LogP contribution in [-0.2, 0) is 4.74 Å². The number of hydrogen-bond acceptors (Lipinski definition) is 4. The Morgan fingerprint density at radius 3 is 2.68 bits per heavy atom. The second kappa shape index (κ2) is 5.31. The van der Waals surface area contributed by atoms with E-state index in [2.05, 4.69) is 15.3 Å². The van der Waals surface area contributed by atoms with Crippen LogP contribution in [0.2, 0.25) is 0 Å². The van der Waals surface area contributed by atoms with Crippen molar-refractivity contribution in [2.45, 2.75) is 18.4 Å². The zero-order chi connectivity index (χ0) is 13.1. The van der Waals surface area contributed by atoms with Gasteiger partial charge < -0.3 is 10.1 Å². The summed E-state index contributed by atoms with van der Waals surface area (Å²) in [6.45, 7) is 1.47. The summed E-state index contributed by atoms with van der Waals surface area (Å²) < 4.78 is 5.40. The van der Waals surface area contributed by atoms with E-state index in [4.69, 9.17) is 16.3 Å². The van der Waals surface area contributed by atoms with Gasteiger partial charge in [0.15, 0.2) is 0 Å². The molecule has 2 heterocycles. The molecule has 0 aliphatic carbocycles. The molecule has 100 valence electrons. The molecule has 2 aromatic rings. The number of nitrogens with one attached hydrogen (secondary N) is 1. The van der Waals surface area contributed by atoms with Crippen molar-refractivity contribution in [1.29, 1.82) is 0 Å². The van der Waals surface area contributed by atoms with Crippen molar-refractivity contribution in [3.63, 3.8) is 0 Å². The second-order valence-electron chi connectivity index (χ2n) is 4.90. The molecule has 0 spiro atoms. The number of fused-ring (bicyclic) bond motifs is 1. The van der Waals surface area contributed by atoms with Crippen LogP contribution in [0.25, 0.3) is 11.0 Å². The van der Waals surface area contributed by atoms with Crippen LogP contribution in [0.4, 0.5) is 5.82 Å². The van der Waals surface area contributed by atoms with E-state index in [-0.39, 0.29) is 5.54 Å². The Balaban J connectivity index is 1.87. The SMILES string of the molecule is ClCC1(Nc2cnc3ccccc3n2)CCOCC1. The number of nitrogens with zero attached hydrogens (tertiary/aromatic N) is 2. The van der Waals surface area contributed by atoms with Crippen molar-refractivity contribution >= 4 is 28.5 Å². The first-order chi connectivity index (χ1) is 9.31. The average Bonchev–Trinajstić information content (AvgIpc) is 2.48. The van der Waals surface area contributed by atoms with E-state index in [0.29, 0.717) is 5.88 Å². The van der Waals surface area contributed by atoms with E-state index in [1.165, 1.54) is 0 Å². The normalized spacial score (nSPS) is 18.4.